The topological polar surface area (TPSA) is 23.6 Å². The van der Waals surface area contributed by atoms with Gasteiger partial charge < -0.3 is 4.90 Å². The van der Waals surface area contributed by atoms with Crippen LogP contribution in [-0.2, 0) is 4.79 Å². The molecule has 0 aliphatic carbocycles. The summed E-state index contributed by atoms with van der Waals surface area (Å²) in [7, 11) is 0. The number of likely N-dealkylation sites (tertiary alicyclic amines) is 1. The van der Waals surface area contributed by atoms with Crippen molar-refractivity contribution in [1.29, 1.82) is 0 Å². The molecular formula is C11H20N2O. The first kappa shape index (κ1) is 9.97. The number of rotatable bonds is 1. The second kappa shape index (κ2) is 3.54. The van der Waals surface area contributed by atoms with Crippen LogP contribution in [0.15, 0.2) is 0 Å². The first-order valence-corrected chi connectivity index (χ1v) is 5.62. The molecular weight excluding hydrogens is 176 g/mol. The van der Waals surface area contributed by atoms with Gasteiger partial charge in [0, 0.05) is 38.1 Å². The Hall–Kier alpha value is -0.570. The maximum absolute atomic E-state index is 11.4. The summed E-state index contributed by atoms with van der Waals surface area (Å²) in [5.41, 5.74) is 0. The van der Waals surface area contributed by atoms with Crippen LogP contribution in [0.4, 0.5) is 0 Å². The maximum atomic E-state index is 11.4. The van der Waals surface area contributed by atoms with Crippen LogP contribution in [-0.4, -0.2) is 46.9 Å². The summed E-state index contributed by atoms with van der Waals surface area (Å²) in [4.78, 5) is 16.1. The lowest BCUT2D eigenvalue weighted by Crippen LogP contribution is -2.56. The molecule has 0 radical (unpaired) electrons. The van der Waals surface area contributed by atoms with Crippen molar-refractivity contribution in [2.45, 2.75) is 51.7 Å². The molecule has 80 valence electrons. The van der Waals surface area contributed by atoms with E-state index in [9.17, 15) is 4.79 Å². The van der Waals surface area contributed by atoms with Gasteiger partial charge in [-0.25, -0.2) is 0 Å². The molecule has 0 spiro atoms. The lowest BCUT2D eigenvalue weighted by Gasteiger charge is -2.42. The smallest absolute Gasteiger partial charge is 0.220 e. The molecule has 3 heteroatoms. The van der Waals surface area contributed by atoms with Crippen molar-refractivity contribution in [3.63, 3.8) is 0 Å². The Kier molecular flexibility index (Phi) is 2.52. The zero-order chi connectivity index (χ0) is 10.3. The molecule has 1 amide bonds. The van der Waals surface area contributed by atoms with Crippen molar-refractivity contribution >= 4 is 5.91 Å². The number of hydrogen-bond acceptors (Lipinski definition) is 2. The van der Waals surface area contributed by atoms with Crippen molar-refractivity contribution in [1.82, 2.24) is 9.80 Å². The Balaban J connectivity index is 2.08. The molecule has 2 atom stereocenters. The van der Waals surface area contributed by atoms with Crippen molar-refractivity contribution in [3.05, 3.63) is 0 Å². The molecule has 2 bridgehead atoms. The fourth-order valence-electron chi connectivity index (χ4n) is 2.87. The number of nitrogens with zero attached hydrogens (tertiary/aromatic N) is 2. The van der Waals surface area contributed by atoms with E-state index >= 15 is 0 Å². The predicted molar refractivity (Wildman–Crippen MR) is 56.0 cm³/mol. The second-order valence-corrected chi connectivity index (χ2v) is 4.86. The van der Waals surface area contributed by atoms with Crippen LogP contribution >= 0.6 is 0 Å². The molecule has 2 aliphatic rings. The summed E-state index contributed by atoms with van der Waals surface area (Å²) in [5, 5.41) is 0. The lowest BCUT2D eigenvalue weighted by molar-refractivity contribution is -0.134. The number of piperazine rings is 1. The zero-order valence-corrected chi connectivity index (χ0v) is 9.36. The van der Waals surface area contributed by atoms with Crippen LogP contribution in [0, 0.1) is 0 Å². The third kappa shape index (κ3) is 1.54. The predicted octanol–water partition coefficient (Wildman–Crippen LogP) is 1.09. The summed E-state index contributed by atoms with van der Waals surface area (Å²) < 4.78 is 0. The Morgan fingerprint density at radius 3 is 2.07 bits per heavy atom. The van der Waals surface area contributed by atoms with Crippen molar-refractivity contribution in [2.24, 2.45) is 0 Å². The minimum Gasteiger partial charge on any atom is -0.334 e. The van der Waals surface area contributed by atoms with Gasteiger partial charge in [0.1, 0.15) is 0 Å². The van der Waals surface area contributed by atoms with Gasteiger partial charge in [-0.2, -0.15) is 0 Å². The molecule has 2 unspecified atom stereocenters. The molecule has 2 fully saturated rings. The molecule has 2 aliphatic heterocycles. The number of carbonyl (C=O) groups is 1. The minimum absolute atomic E-state index is 0.265. The standard InChI is InChI=1S/C11H20N2O/c1-8(2)12-6-10-4-5-11(7-12)13(10)9(3)14/h8,10-11H,4-7H2,1-3H3. The average Bonchev–Trinajstić information content (AvgIpc) is 2.37. The van der Waals surface area contributed by atoms with E-state index in [2.05, 4.69) is 23.6 Å². The summed E-state index contributed by atoms with van der Waals surface area (Å²) in [6.45, 7) is 8.34. The largest absolute Gasteiger partial charge is 0.334 e. The Labute approximate surface area is 86.1 Å². The third-order valence-electron chi connectivity index (χ3n) is 3.60. The number of hydrogen-bond donors (Lipinski definition) is 0. The molecule has 0 saturated carbocycles. The van der Waals surface area contributed by atoms with Crippen LogP contribution in [0.1, 0.15) is 33.6 Å². The van der Waals surface area contributed by atoms with E-state index in [4.69, 9.17) is 0 Å². The molecule has 0 aromatic heterocycles. The SMILES string of the molecule is CC(=O)N1C2CCC1CN(C(C)C)C2. The van der Waals surface area contributed by atoms with E-state index < -0.39 is 0 Å². The normalized spacial score (nSPS) is 32.7. The van der Waals surface area contributed by atoms with E-state index in [1.54, 1.807) is 6.92 Å². The van der Waals surface area contributed by atoms with Gasteiger partial charge in [0.15, 0.2) is 0 Å². The molecule has 2 rings (SSSR count). The van der Waals surface area contributed by atoms with Crippen LogP contribution in [0.25, 0.3) is 0 Å². The van der Waals surface area contributed by atoms with Gasteiger partial charge in [-0.15, -0.1) is 0 Å². The Morgan fingerprint density at radius 2 is 1.71 bits per heavy atom. The van der Waals surface area contributed by atoms with Crippen molar-refractivity contribution < 1.29 is 4.79 Å². The molecule has 0 aromatic carbocycles. The number of carbonyl (C=O) groups excluding carboxylic acids is 1. The van der Waals surface area contributed by atoms with E-state index in [1.807, 2.05) is 0 Å². The van der Waals surface area contributed by atoms with Crippen LogP contribution < -0.4 is 0 Å². The molecule has 0 aromatic rings. The molecule has 2 heterocycles. The summed E-state index contributed by atoms with van der Waals surface area (Å²) in [5.74, 6) is 0.265. The number of amides is 1. The number of fused-ring (bicyclic) bond motifs is 2. The van der Waals surface area contributed by atoms with Gasteiger partial charge in [-0.1, -0.05) is 0 Å². The van der Waals surface area contributed by atoms with Gasteiger partial charge in [-0.3, -0.25) is 9.69 Å². The summed E-state index contributed by atoms with van der Waals surface area (Å²) in [6, 6.07) is 1.61. The van der Waals surface area contributed by atoms with Gasteiger partial charge in [-0.05, 0) is 26.7 Å². The quantitative estimate of drug-likeness (QED) is 0.627. The fraction of sp³-hybridized carbons (Fsp3) is 0.909. The maximum Gasteiger partial charge on any atom is 0.220 e. The monoisotopic (exact) mass is 196 g/mol. The molecule has 14 heavy (non-hydrogen) atoms. The van der Waals surface area contributed by atoms with Crippen LogP contribution in [0.5, 0.6) is 0 Å². The van der Waals surface area contributed by atoms with E-state index in [1.165, 1.54) is 12.8 Å². The highest BCUT2D eigenvalue weighted by Crippen LogP contribution is 2.30. The van der Waals surface area contributed by atoms with E-state index in [0.29, 0.717) is 18.1 Å². The molecule has 0 N–H and O–H groups in total. The van der Waals surface area contributed by atoms with E-state index in [-0.39, 0.29) is 5.91 Å². The second-order valence-electron chi connectivity index (χ2n) is 4.86. The highest BCUT2D eigenvalue weighted by molar-refractivity contribution is 5.74. The van der Waals surface area contributed by atoms with Crippen molar-refractivity contribution in [3.8, 4) is 0 Å². The van der Waals surface area contributed by atoms with Gasteiger partial charge >= 0.3 is 0 Å². The first-order chi connectivity index (χ1) is 6.59. The van der Waals surface area contributed by atoms with Gasteiger partial charge in [0.2, 0.25) is 5.91 Å². The zero-order valence-electron chi connectivity index (χ0n) is 9.36. The van der Waals surface area contributed by atoms with Crippen molar-refractivity contribution in [2.75, 3.05) is 13.1 Å². The fourth-order valence-corrected chi connectivity index (χ4v) is 2.87. The third-order valence-corrected chi connectivity index (χ3v) is 3.60. The summed E-state index contributed by atoms with van der Waals surface area (Å²) >= 11 is 0. The van der Waals surface area contributed by atoms with E-state index in [0.717, 1.165) is 13.1 Å². The Bertz CT molecular complexity index is 225. The molecule has 3 nitrogen and oxygen atoms in total. The highest BCUT2D eigenvalue weighted by atomic mass is 16.2. The molecule has 2 saturated heterocycles. The Morgan fingerprint density at radius 1 is 1.21 bits per heavy atom. The van der Waals surface area contributed by atoms with Gasteiger partial charge in [0.25, 0.3) is 0 Å². The minimum atomic E-state index is 0.265. The lowest BCUT2D eigenvalue weighted by atomic mass is 10.1. The van der Waals surface area contributed by atoms with Crippen LogP contribution in [0.3, 0.4) is 0 Å². The van der Waals surface area contributed by atoms with Crippen LogP contribution in [0.2, 0.25) is 0 Å². The van der Waals surface area contributed by atoms with Gasteiger partial charge in [0.05, 0.1) is 0 Å². The summed E-state index contributed by atoms with van der Waals surface area (Å²) in [6.07, 6.45) is 2.40. The average molecular weight is 196 g/mol. The highest BCUT2D eigenvalue weighted by Gasteiger charge is 2.41. The first-order valence-electron chi connectivity index (χ1n) is 5.62.